The Kier molecular flexibility index (Phi) is 764. The molecule has 0 unspecified atom stereocenters. The third kappa shape index (κ3) is 96100. The number of hydrogen-bond acceptors (Lipinski definition) is 15. The van der Waals surface area contributed by atoms with Gasteiger partial charge in [-0.1, -0.05) is 29.7 Å². The number of carboxylic acid groups (broad SMARTS) is 3. The summed E-state index contributed by atoms with van der Waals surface area (Å²) in [7, 11) is 0. The third-order valence-corrected chi connectivity index (χ3v) is 0.129. The van der Waals surface area contributed by atoms with Crippen LogP contribution in [0, 0.1) is 12.2 Å². The van der Waals surface area contributed by atoms with E-state index in [1.165, 1.54) is 12.2 Å². The van der Waals surface area contributed by atoms with Crippen LogP contribution in [0.2, 0.25) is 0 Å². The molecule has 0 radical (unpaired) electrons. The van der Waals surface area contributed by atoms with Crippen molar-refractivity contribution in [3.05, 3.63) is 0 Å². The number of hydrogen-bond donors (Lipinski definition) is 3. The van der Waals surface area contributed by atoms with E-state index in [9.17, 15) is 0 Å². The van der Waals surface area contributed by atoms with Gasteiger partial charge < -0.3 is 84.2 Å². The summed E-state index contributed by atoms with van der Waals surface area (Å²) in [6, 6.07) is 0. The number of carbonyl (C=O) groups is 5. The Morgan fingerprint density at radius 2 is 0.763 bits per heavy atom. The Labute approximate surface area is 265 Å². The fourth-order valence-electron chi connectivity index (χ4n) is 0. The van der Waals surface area contributed by atoms with Gasteiger partial charge in [0.2, 0.25) is 0 Å². The number of aliphatic hydroxyl groups is 2. The number of carbonyl (C=O) groups excluding carboxylic acids is 6. The molecule has 0 saturated carbocycles. The first-order valence-corrected chi connectivity index (χ1v) is 5.13. The van der Waals surface area contributed by atoms with Crippen LogP contribution in [0.1, 0.15) is 51.9 Å². The molecule has 0 heterocycles. The fraction of sp³-hybridized carbons (Fsp3) is 0.467. The molecule has 0 aromatic carbocycles. The second-order valence-corrected chi connectivity index (χ2v) is 2.19. The van der Waals surface area contributed by atoms with Gasteiger partial charge in [0.05, 0.1) is 0 Å². The minimum atomic E-state index is -1.08. The zero-order valence-corrected chi connectivity index (χ0v) is 22.5. The number of aliphatic hydroxyl groups excluding tert-OH is 2. The Hall–Kier alpha value is -2.39. The Balaban J connectivity index is -0.00000000670. The predicted octanol–water partition coefficient (Wildman–Crippen LogP) is -14.2. The molecule has 0 aromatic heterocycles. The molecule has 0 aliphatic carbocycles. The first-order valence-electron chi connectivity index (χ1n) is 5.13. The van der Waals surface area contributed by atoms with Crippen LogP contribution in [0.5, 0.6) is 0 Å². The SMILES string of the molecule is C.C.C.C.CC(=O)O.CC(=O)[O-].CC(=O)[O-].O.O.O=C=O.O=CO[O-].O=CO[O-].OC#CO.[H-].[Na+].[Na+].[OH3+].[OH3+].[OH3+]. The molecule has 232 valence electrons. The van der Waals surface area contributed by atoms with E-state index in [-0.39, 0.29) is 137 Å². The van der Waals surface area contributed by atoms with Crippen molar-refractivity contribution >= 4 is 37.0 Å². The minimum absolute atomic E-state index is 0. The molecule has 0 rings (SSSR count). The van der Waals surface area contributed by atoms with Crippen LogP contribution in [-0.2, 0) is 59.8 Å². The Bertz CT molecular complexity index is 398. The molecule has 0 amide bonds. The molecule has 21 nitrogen and oxygen atoms in total. The molecule has 38 heavy (non-hydrogen) atoms. The summed E-state index contributed by atoms with van der Waals surface area (Å²) in [6.07, 6.45) is 2.72. The second-order valence-electron chi connectivity index (χ2n) is 2.19. The fourth-order valence-corrected chi connectivity index (χ4v) is 0. The van der Waals surface area contributed by atoms with E-state index in [4.69, 9.17) is 69.6 Å². The summed E-state index contributed by atoms with van der Waals surface area (Å²) >= 11 is 0. The molecule has 0 aliphatic heterocycles. The summed E-state index contributed by atoms with van der Waals surface area (Å²) in [6.45, 7) is 2.67. The topological polar surface area (TPSA) is 453 Å². The van der Waals surface area contributed by atoms with E-state index in [0.717, 1.165) is 20.8 Å². The van der Waals surface area contributed by atoms with Gasteiger partial charge in [-0.2, -0.15) is 9.59 Å². The summed E-state index contributed by atoms with van der Waals surface area (Å²) < 4.78 is 0. The minimum Gasteiger partial charge on any atom is -1.00 e. The van der Waals surface area contributed by atoms with Crippen molar-refractivity contribution in [2.75, 3.05) is 0 Å². The van der Waals surface area contributed by atoms with E-state index in [1.807, 2.05) is 0 Å². The maximum Gasteiger partial charge on any atom is 1.00 e. The molecule has 23 heteroatoms. The molecular weight excluding hydrogens is 562 g/mol. The van der Waals surface area contributed by atoms with Gasteiger partial charge in [0.25, 0.3) is 18.9 Å². The molecule has 0 atom stereocenters. The summed E-state index contributed by atoms with van der Waals surface area (Å²) in [5.74, 6) is -3.00. The van der Waals surface area contributed by atoms with Crippen LogP contribution >= 0.6 is 0 Å². The zero-order chi connectivity index (χ0) is 23.7. The van der Waals surface area contributed by atoms with Crippen molar-refractivity contribution in [3.63, 3.8) is 0 Å². The van der Waals surface area contributed by atoms with Crippen molar-refractivity contribution in [2.24, 2.45) is 0 Å². The first kappa shape index (κ1) is 138. The summed E-state index contributed by atoms with van der Waals surface area (Å²) in [5.41, 5.74) is 0. The average molecular weight is 606 g/mol. The van der Waals surface area contributed by atoms with Crippen LogP contribution in [-0.4, -0.2) is 63.3 Å². The van der Waals surface area contributed by atoms with Crippen molar-refractivity contribution in [1.29, 1.82) is 0 Å². The quantitative estimate of drug-likeness (QED) is 0.0655. The van der Waals surface area contributed by atoms with Crippen LogP contribution in [0.4, 0.5) is 0 Å². The Morgan fingerprint density at radius 3 is 0.763 bits per heavy atom. The molecule has 0 fully saturated rings. The van der Waals surface area contributed by atoms with Gasteiger partial charge in [0.15, 0.2) is 12.2 Å². The van der Waals surface area contributed by atoms with E-state index >= 15 is 0 Å². The van der Waals surface area contributed by atoms with E-state index < -0.39 is 17.9 Å². The third-order valence-electron chi connectivity index (χ3n) is 0.129. The van der Waals surface area contributed by atoms with Crippen molar-refractivity contribution < 1.29 is 167 Å². The summed E-state index contributed by atoms with van der Waals surface area (Å²) in [4.78, 5) is 65.5. The van der Waals surface area contributed by atoms with Gasteiger partial charge in [0.1, 0.15) is 0 Å². The Morgan fingerprint density at radius 1 is 0.711 bits per heavy atom. The van der Waals surface area contributed by atoms with Gasteiger partial charge in [-0.25, -0.2) is 0 Å². The molecule has 0 aromatic rings. The van der Waals surface area contributed by atoms with Crippen molar-refractivity contribution in [1.82, 2.24) is 0 Å². The number of rotatable bonds is 2. The molecule has 0 bridgehead atoms. The molecule has 16 N–H and O–H groups in total. The van der Waals surface area contributed by atoms with Gasteiger partial charge >= 0.3 is 65.3 Å². The largest absolute Gasteiger partial charge is 1.00 e. The first-order chi connectivity index (χ1) is 12.4. The van der Waals surface area contributed by atoms with Crippen LogP contribution in [0.15, 0.2) is 0 Å². The van der Waals surface area contributed by atoms with Crippen LogP contribution < -0.4 is 79.8 Å². The number of carboxylic acids is 3. The van der Waals surface area contributed by atoms with Crippen LogP contribution in [0.25, 0.3) is 0 Å². The maximum absolute atomic E-state index is 9.00. The molecule has 0 aliphatic rings. The van der Waals surface area contributed by atoms with Crippen molar-refractivity contribution in [2.45, 2.75) is 50.5 Å². The maximum atomic E-state index is 9.00. The predicted molar refractivity (Wildman–Crippen MR) is 116 cm³/mol. The van der Waals surface area contributed by atoms with Gasteiger partial charge in [0, 0.05) is 18.9 Å². The average Bonchev–Trinajstić information content (AvgIpc) is 2.54. The second kappa shape index (κ2) is 211. The smallest absolute Gasteiger partial charge is 1.00 e. The molecule has 0 spiro atoms. The van der Waals surface area contributed by atoms with Gasteiger partial charge in [-0.05, 0) is 13.8 Å². The number of aliphatic carboxylic acids is 3. The normalized spacial score (nSPS) is 3.61. The molecule has 0 saturated heterocycles. The van der Waals surface area contributed by atoms with Gasteiger partial charge in [-0.15, -0.1) is 0 Å². The monoisotopic (exact) mass is 606 g/mol. The standard InChI is InChI=1S/3C2H4O2.C2H2O2.2CH2O3.CO2.4CH4.2Na.5H2O.H/c3*1-2(3)4;3-1-2-4;2*2-1-4-3;2-1-3;;;;;;;;;;;;/h3*1H3,(H,3,4);3-4H;2*1,3H;;4*1H4;;;5*1H2;/q;;;;;;;;;;;2*+1;;;;;;-1/p-1. The van der Waals surface area contributed by atoms with Crippen molar-refractivity contribution in [3.8, 4) is 12.2 Å². The zero-order valence-electron chi connectivity index (χ0n) is 19.5. The molecular formula is C15H44Na2O21. The summed E-state index contributed by atoms with van der Waals surface area (Å²) in [5, 5.41) is 56.6. The van der Waals surface area contributed by atoms with Gasteiger partial charge in [-0.3, -0.25) is 14.4 Å². The van der Waals surface area contributed by atoms with E-state index in [1.54, 1.807) is 0 Å². The van der Waals surface area contributed by atoms with Crippen LogP contribution in [0.3, 0.4) is 0 Å². The van der Waals surface area contributed by atoms with E-state index in [0.29, 0.717) is 0 Å². The van der Waals surface area contributed by atoms with E-state index in [2.05, 4.69) is 9.78 Å².